The Balaban J connectivity index is 2.14. The van der Waals surface area contributed by atoms with E-state index in [1.54, 1.807) is 7.11 Å². The number of nitrogens with zero attached hydrogens (tertiary/aromatic N) is 1. The Bertz CT molecular complexity index is 333. The van der Waals surface area contributed by atoms with Crippen LogP contribution in [0, 0.1) is 5.92 Å². The van der Waals surface area contributed by atoms with Gasteiger partial charge in [-0.2, -0.15) is 0 Å². The summed E-state index contributed by atoms with van der Waals surface area (Å²) in [6.07, 6.45) is 8.44. The van der Waals surface area contributed by atoms with Crippen LogP contribution in [-0.4, -0.2) is 12.1 Å². The minimum Gasteiger partial charge on any atom is -0.481 e. The lowest BCUT2D eigenvalue weighted by Crippen LogP contribution is -2.03. The molecule has 0 bridgehead atoms. The van der Waals surface area contributed by atoms with E-state index in [-0.39, 0.29) is 0 Å². The highest BCUT2D eigenvalue weighted by atomic mass is 16.5. The molecule has 0 aromatic carbocycles. The van der Waals surface area contributed by atoms with Crippen molar-refractivity contribution in [2.24, 2.45) is 5.92 Å². The Kier molecular flexibility index (Phi) is 3.81. The van der Waals surface area contributed by atoms with Gasteiger partial charge in [0.2, 0.25) is 5.88 Å². The third-order valence-corrected chi connectivity index (χ3v) is 3.39. The van der Waals surface area contributed by atoms with Crippen molar-refractivity contribution in [1.82, 2.24) is 4.98 Å². The smallest absolute Gasteiger partial charge is 0.216 e. The van der Waals surface area contributed by atoms with E-state index < -0.39 is 0 Å². The van der Waals surface area contributed by atoms with E-state index in [4.69, 9.17) is 4.74 Å². The van der Waals surface area contributed by atoms with Gasteiger partial charge in [0.1, 0.15) is 0 Å². The third-order valence-electron chi connectivity index (χ3n) is 3.39. The minimum absolute atomic E-state index is 0.640. The summed E-state index contributed by atoms with van der Waals surface area (Å²) in [5.74, 6) is 2.42. The molecule has 1 fully saturated rings. The Labute approximate surface area is 98.0 Å². The Morgan fingerprint density at radius 2 is 2.31 bits per heavy atom. The fourth-order valence-electron chi connectivity index (χ4n) is 2.39. The molecule has 2 nitrogen and oxygen atoms in total. The summed E-state index contributed by atoms with van der Waals surface area (Å²) >= 11 is 0. The summed E-state index contributed by atoms with van der Waals surface area (Å²) < 4.78 is 5.36. The van der Waals surface area contributed by atoms with Crippen LogP contribution in [0.15, 0.2) is 18.3 Å². The molecule has 0 N–H and O–H groups in total. The number of hydrogen-bond acceptors (Lipinski definition) is 2. The van der Waals surface area contributed by atoms with Gasteiger partial charge in [0.25, 0.3) is 0 Å². The van der Waals surface area contributed by atoms with Crippen molar-refractivity contribution < 1.29 is 4.74 Å². The van der Waals surface area contributed by atoms with Crippen molar-refractivity contribution in [3.8, 4) is 5.88 Å². The second-order valence-corrected chi connectivity index (χ2v) is 4.77. The molecule has 2 rings (SSSR count). The number of hydrogen-bond donors (Lipinski definition) is 0. The van der Waals surface area contributed by atoms with Crippen molar-refractivity contribution in [3.63, 3.8) is 0 Å². The highest BCUT2D eigenvalue weighted by Crippen LogP contribution is 2.42. The number of aromatic nitrogens is 1. The van der Waals surface area contributed by atoms with Crippen molar-refractivity contribution >= 4 is 0 Å². The molecule has 0 aliphatic heterocycles. The minimum atomic E-state index is 0.640. The molecule has 1 aromatic rings. The average Bonchev–Trinajstić information content (AvgIpc) is 3.12. The van der Waals surface area contributed by atoms with Gasteiger partial charge < -0.3 is 4.74 Å². The molecule has 0 amide bonds. The molecule has 16 heavy (non-hydrogen) atoms. The number of ether oxygens (including phenoxy) is 1. The van der Waals surface area contributed by atoms with Gasteiger partial charge in [0, 0.05) is 11.8 Å². The van der Waals surface area contributed by atoms with Gasteiger partial charge in [-0.15, -0.1) is 0 Å². The molecule has 2 heteroatoms. The van der Waals surface area contributed by atoms with Gasteiger partial charge in [0.05, 0.1) is 7.11 Å². The first kappa shape index (κ1) is 11.4. The van der Waals surface area contributed by atoms with Crippen LogP contribution in [-0.2, 0) is 0 Å². The fraction of sp³-hybridized carbons (Fsp3) is 0.643. The van der Waals surface area contributed by atoms with Gasteiger partial charge in [-0.1, -0.05) is 32.3 Å². The summed E-state index contributed by atoms with van der Waals surface area (Å²) in [6.45, 7) is 2.25. The van der Waals surface area contributed by atoms with Crippen LogP contribution in [0.5, 0.6) is 5.88 Å². The zero-order valence-electron chi connectivity index (χ0n) is 10.3. The Morgan fingerprint density at radius 3 is 2.94 bits per heavy atom. The van der Waals surface area contributed by atoms with Crippen molar-refractivity contribution in [2.75, 3.05) is 7.11 Å². The third kappa shape index (κ3) is 2.75. The summed E-state index contributed by atoms with van der Waals surface area (Å²) in [4.78, 5) is 4.31. The van der Waals surface area contributed by atoms with E-state index in [1.807, 2.05) is 12.3 Å². The van der Waals surface area contributed by atoms with Crippen LogP contribution in [0.25, 0.3) is 0 Å². The zero-order valence-corrected chi connectivity index (χ0v) is 10.3. The first-order chi connectivity index (χ1) is 7.85. The monoisotopic (exact) mass is 219 g/mol. The van der Waals surface area contributed by atoms with Crippen molar-refractivity contribution in [1.29, 1.82) is 0 Å². The van der Waals surface area contributed by atoms with Gasteiger partial charge >= 0.3 is 0 Å². The molecule has 1 aliphatic carbocycles. The highest BCUT2D eigenvalue weighted by Gasteiger charge is 2.27. The van der Waals surface area contributed by atoms with E-state index in [0.717, 1.165) is 11.8 Å². The standard InChI is InChI=1S/C14H21NO/c1-3-5-12(10-11-7-8-11)13-6-4-9-15-14(13)16-2/h4,6,9,11-12H,3,5,7-8,10H2,1-2H3. The molecule has 1 aliphatic rings. The summed E-state index contributed by atoms with van der Waals surface area (Å²) in [6, 6.07) is 4.20. The Hall–Kier alpha value is -1.05. The number of pyridine rings is 1. The van der Waals surface area contributed by atoms with E-state index in [0.29, 0.717) is 5.92 Å². The summed E-state index contributed by atoms with van der Waals surface area (Å²) in [7, 11) is 1.71. The van der Waals surface area contributed by atoms with Crippen molar-refractivity contribution in [3.05, 3.63) is 23.9 Å². The molecule has 0 radical (unpaired) electrons. The largest absolute Gasteiger partial charge is 0.481 e. The lowest BCUT2D eigenvalue weighted by Gasteiger charge is -2.18. The molecule has 1 saturated carbocycles. The van der Waals surface area contributed by atoms with Crippen molar-refractivity contribution in [2.45, 2.75) is 44.9 Å². The van der Waals surface area contributed by atoms with Crippen LogP contribution >= 0.6 is 0 Å². The summed E-state index contributed by atoms with van der Waals surface area (Å²) in [5, 5.41) is 0. The zero-order chi connectivity index (χ0) is 11.4. The predicted octanol–water partition coefficient (Wildman–Crippen LogP) is 3.77. The predicted molar refractivity (Wildman–Crippen MR) is 65.8 cm³/mol. The molecule has 0 saturated heterocycles. The molecule has 1 aromatic heterocycles. The topological polar surface area (TPSA) is 22.1 Å². The maximum atomic E-state index is 5.36. The Morgan fingerprint density at radius 1 is 1.50 bits per heavy atom. The lowest BCUT2D eigenvalue weighted by molar-refractivity contribution is 0.382. The number of methoxy groups -OCH3 is 1. The maximum absolute atomic E-state index is 5.36. The first-order valence-corrected chi connectivity index (χ1v) is 6.34. The van der Waals surface area contributed by atoms with Crippen LogP contribution < -0.4 is 4.74 Å². The van der Waals surface area contributed by atoms with E-state index in [9.17, 15) is 0 Å². The quantitative estimate of drug-likeness (QED) is 0.726. The van der Waals surface area contributed by atoms with E-state index >= 15 is 0 Å². The lowest BCUT2D eigenvalue weighted by atomic mass is 9.90. The SMILES string of the molecule is CCCC(CC1CC1)c1cccnc1OC. The molecule has 1 heterocycles. The van der Waals surface area contributed by atoms with Gasteiger partial charge in [-0.05, 0) is 30.7 Å². The van der Waals surface area contributed by atoms with Crippen LogP contribution in [0.2, 0.25) is 0 Å². The highest BCUT2D eigenvalue weighted by molar-refractivity contribution is 5.29. The van der Waals surface area contributed by atoms with Gasteiger partial charge in [-0.25, -0.2) is 4.98 Å². The maximum Gasteiger partial charge on any atom is 0.216 e. The molecule has 88 valence electrons. The number of rotatable bonds is 6. The van der Waals surface area contributed by atoms with Crippen LogP contribution in [0.1, 0.15) is 50.5 Å². The molecule has 1 atom stereocenters. The van der Waals surface area contributed by atoms with Crippen LogP contribution in [0.4, 0.5) is 0 Å². The molecule has 1 unspecified atom stereocenters. The van der Waals surface area contributed by atoms with Gasteiger partial charge in [-0.3, -0.25) is 0 Å². The second-order valence-electron chi connectivity index (χ2n) is 4.77. The van der Waals surface area contributed by atoms with Gasteiger partial charge in [0.15, 0.2) is 0 Å². The second kappa shape index (κ2) is 5.33. The van der Waals surface area contributed by atoms with E-state index in [2.05, 4.69) is 18.0 Å². The van der Waals surface area contributed by atoms with E-state index in [1.165, 1.54) is 37.7 Å². The molecular weight excluding hydrogens is 198 g/mol. The normalized spacial score (nSPS) is 17.1. The molecule has 0 spiro atoms. The van der Waals surface area contributed by atoms with Crippen LogP contribution in [0.3, 0.4) is 0 Å². The fourth-order valence-corrected chi connectivity index (χ4v) is 2.39. The first-order valence-electron chi connectivity index (χ1n) is 6.34. The molecular formula is C14H21NO. The summed E-state index contributed by atoms with van der Waals surface area (Å²) in [5.41, 5.74) is 1.30. The average molecular weight is 219 g/mol.